The molecular weight excluding hydrogens is 308 g/mol. The monoisotopic (exact) mass is 330 g/mol. The van der Waals surface area contributed by atoms with Crippen molar-refractivity contribution in [3.8, 4) is 0 Å². The first kappa shape index (κ1) is 17.7. The molecule has 0 saturated heterocycles. The normalized spacial score (nSPS) is 11.3. The van der Waals surface area contributed by atoms with Gasteiger partial charge in [0.15, 0.2) is 0 Å². The van der Waals surface area contributed by atoms with Crippen LogP contribution in [0.1, 0.15) is 37.6 Å². The van der Waals surface area contributed by atoms with E-state index >= 15 is 0 Å². The number of aromatic nitrogens is 1. The van der Waals surface area contributed by atoms with Crippen molar-refractivity contribution in [3.63, 3.8) is 0 Å². The number of rotatable bonds is 5. The molecule has 0 aliphatic carbocycles. The Morgan fingerprint density at radius 2 is 1.96 bits per heavy atom. The smallest absolute Gasteiger partial charge is 0.337 e. The van der Waals surface area contributed by atoms with E-state index in [0.29, 0.717) is 16.3 Å². The Hall–Kier alpha value is -2.63. The van der Waals surface area contributed by atoms with Crippen molar-refractivity contribution in [2.24, 2.45) is 0 Å². The van der Waals surface area contributed by atoms with Crippen molar-refractivity contribution in [1.29, 1.82) is 0 Å². The van der Waals surface area contributed by atoms with E-state index in [2.05, 4.69) is 10.1 Å². The molecule has 0 spiro atoms. The van der Waals surface area contributed by atoms with Crippen LogP contribution in [0.5, 0.6) is 0 Å². The molecule has 1 heterocycles. The summed E-state index contributed by atoms with van der Waals surface area (Å²) in [5.74, 6) is -0.735. The van der Waals surface area contributed by atoms with E-state index in [-0.39, 0.29) is 23.6 Å². The third-order valence-electron chi connectivity index (χ3n) is 4.08. The fourth-order valence-electron chi connectivity index (χ4n) is 2.31. The van der Waals surface area contributed by atoms with E-state index < -0.39 is 5.97 Å². The van der Waals surface area contributed by atoms with Crippen LogP contribution in [0.2, 0.25) is 0 Å². The Kier molecular flexibility index (Phi) is 5.07. The number of pyridine rings is 1. The van der Waals surface area contributed by atoms with Gasteiger partial charge < -0.3 is 14.6 Å². The molecule has 24 heavy (non-hydrogen) atoms. The van der Waals surface area contributed by atoms with Gasteiger partial charge in [0.1, 0.15) is 6.54 Å². The van der Waals surface area contributed by atoms with Crippen molar-refractivity contribution < 1.29 is 14.3 Å². The van der Waals surface area contributed by atoms with Crippen LogP contribution >= 0.6 is 0 Å². The summed E-state index contributed by atoms with van der Waals surface area (Å²) in [5, 5.41) is 3.98. The summed E-state index contributed by atoms with van der Waals surface area (Å²) in [5.41, 5.74) is -0.339. The topological polar surface area (TPSA) is 77.4 Å². The number of methoxy groups -OCH3 is 1. The Morgan fingerprint density at radius 1 is 1.25 bits per heavy atom. The molecule has 0 bridgehead atoms. The zero-order valence-electron chi connectivity index (χ0n) is 14.4. The predicted octanol–water partition coefficient (Wildman–Crippen LogP) is 2.09. The fraction of sp³-hybridized carbons (Fsp3) is 0.389. The maximum Gasteiger partial charge on any atom is 0.337 e. The molecule has 2 rings (SSSR count). The van der Waals surface area contributed by atoms with Crippen LogP contribution in [0.25, 0.3) is 10.8 Å². The minimum atomic E-state index is -0.505. The van der Waals surface area contributed by atoms with E-state index in [1.807, 2.05) is 20.8 Å². The lowest BCUT2D eigenvalue weighted by Crippen LogP contribution is -2.45. The highest BCUT2D eigenvalue weighted by molar-refractivity contribution is 5.95. The molecule has 1 amide bonds. The second-order valence-electron chi connectivity index (χ2n) is 6.33. The number of ether oxygens (including phenoxy) is 1. The lowest BCUT2D eigenvalue weighted by atomic mass is 10.0. The molecule has 1 aromatic carbocycles. The lowest BCUT2D eigenvalue weighted by molar-refractivity contribution is -0.123. The summed E-state index contributed by atoms with van der Waals surface area (Å²) in [4.78, 5) is 36.4. The van der Waals surface area contributed by atoms with Gasteiger partial charge in [0.05, 0.1) is 12.7 Å². The number of carbonyl (C=O) groups is 2. The molecule has 2 aromatic rings. The minimum absolute atomic E-state index is 0.0688. The maximum atomic E-state index is 12.6. The summed E-state index contributed by atoms with van der Waals surface area (Å²) in [6.07, 6.45) is 2.37. The summed E-state index contributed by atoms with van der Waals surface area (Å²) in [7, 11) is 1.29. The highest BCUT2D eigenvalue weighted by Gasteiger charge is 2.18. The van der Waals surface area contributed by atoms with Gasteiger partial charge in [-0.15, -0.1) is 0 Å². The lowest BCUT2D eigenvalue weighted by Gasteiger charge is -2.24. The first-order chi connectivity index (χ1) is 11.3. The van der Waals surface area contributed by atoms with Crippen LogP contribution < -0.4 is 10.9 Å². The van der Waals surface area contributed by atoms with Gasteiger partial charge in [-0.25, -0.2) is 4.79 Å². The van der Waals surface area contributed by atoms with E-state index in [9.17, 15) is 14.4 Å². The molecule has 0 aliphatic heterocycles. The van der Waals surface area contributed by atoms with Crippen molar-refractivity contribution in [2.75, 3.05) is 7.11 Å². The van der Waals surface area contributed by atoms with Gasteiger partial charge in [-0.2, -0.15) is 0 Å². The number of hydrogen-bond acceptors (Lipinski definition) is 4. The molecule has 0 atom stereocenters. The summed E-state index contributed by atoms with van der Waals surface area (Å²) >= 11 is 0. The van der Waals surface area contributed by atoms with Gasteiger partial charge in [0.2, 0.25) is 5.91 Å². The molecule has 128 valence electrons. The Balaban J connectivity index is 2.35. The molecule has 0 unspecified atom stereocenters. The second-order valence-corrected chi connectivity index (χ2v) is 6.33. The summed E-state index contributed by atoms with van der Waals surface area (Å²) in [6.45, 7) is 5.77. The van der Waals surface area contributed by atoms with Gasteiger partial charge >= 0.3 is 5.97 Å². The molecule has 0 saturated carbocycles. The average molecular weight is 330 g/mol. The number of hydrogen-bond donors (Lipinski definition) is 1. The van der Waals surface area contributed by atoms with E-state index in [4.69, 9.17) is 0 Å². The Morgan fingerprint density at radius 3 is 2.58 bits per heavy atom. The number of esters is 1. The molecule has 1 N–H and O–H groups in total. The Bertz CT molecular complexity index is 837. The van der Waals surface area contributed by atoms with Crippen LogP contribution in [0.15, 0.2) is 35.3 Å². The number of benzene rings is 1. The van der Waals surface area contributed by atoms with Crippen molar-refractivity contribution in [1.82, 2.24) is 9.88 Å². The number of nitrogens with zero attached hydrogens (tertiary/aromatic N) is 1. The Labute approximate surface area is 140 Å². The van der Waals surface area contributed by atoms with Gasteiger partial charge in [0, 0.05) is 17.1 Å². The first-order valence-electron chi connectivity index (χ1n) is 7.80. The molecule has 1 aromatic heterocycles. The fourth-order valence-corrected chi connectivity index (χ4v) is 2.31. The molecule has 0 radical (unpaired) electrons. The van der Waals surface area contributed by atoms with Gasteiger partial charge in [-0.3, -0.25) is 9.59 Å². The van der Waals surface area contributed by atoms with E-state index in [1.54, 1.807) is 24.4 Å². The van der Waals surface area contributed by atoms with E-state index in [1.165, 1.54) is 17.7 Å². The van der Waals surface area contributed by atoms with Gasteiger partial charge in [0.25, 0.3) is 5.56 Å². The van der Waals surface area contributed by atoms with Crippen LogP contribution in [-0.4, -0.2) is 29.1 Å². The number of nitrogens with one attached hydrogen (secondary N) is 1. The third-order valence-corrected chi connectivity index (χ3v) is 4.08. The first-order valence-corrected chi connectivity index (χ1v) is 7.80. The van der Waals surface area contributed by atoms with Gasteiger partial charge in [-0.1, -0.05) is 13.0 Å². The largest absolute Gasteiger partial charge is 0.465 e. The average Bonchev–Trinajstić information content (AvgIpc) is 2.56. The predicted molar refractivity (Wildman–Crippen MR) is 92.1 cm³/mol. The molecule has 6 heteroatoms. The standard InChI is InChI=1S/C18H22N2O4/c1-5-18(2,3)19-15(21)11-20-9-8-12-6-7-13(17(23)24-4)10-14(12)16(20)22/h6-10H,5,11H2,1-4H3,(H,19,21). The van der Waals surface area contributed by atoms with Crippen molar-refractivity contribution in [3.05, 3.63) is 46.4 Å². The number of amides is 1. The maximum absolute atomic E-state index is 12.6. The van der Waals surface area contributed by atoms with Crippen molar-refractivity contribution >= 4 is 22.6 Å². The zero-order chi connectivity index (χ0) is 17.9. The second kappa shape index (κ2) is 6.86. The molecular formula is C18H22N2O4. The molecule has 0 aliphatic rings. The third kappa shape index (κ3) is 3.82. The molecule has 0 fully saturated rings. The quantitative estimate of drug-likeness (QED) is 0.852. The van der Waals surface area contributed by atoms with Crippen LogP contribution in [0.4, 0.5) is 0 Å². The zero-order valence-corrected chi connectivity index (χ0v) is 14.4. The van der Waals surface area contributed by atoms with Crippen LogP contribution in [0.3, 0.4) is 0 Å². The highest BCUT2D eigenvalue weighted by Crippen LogP contribution is 2.13. The van der Waals surface area contributed by atoms with E-state index in [0.717, 1.165) is 6.42 Å². The van der Waals surface area contributed by atoms with Crippen LogP contribution in [-0.2, 0) is 16.1 Å². The molecule has 6 nitrogen and oxygen atoms in total. The minimum Gasteiger partial charge on any atom is -0.465 e. The summed E-state index contributed by atoms with van der Waals surface area (Å²) < 4.78 is 6.01. The van der Waals surface area contributed by atoms with Gasteiger partial charge in [-0.05, 0) is 43.9 Å². The highest BCUT2D eigenvalue weighted by atomic mass is 16.5. The van der Waals surface area contributed by atoms with Crippen molar-refractivity contribution in [2.45, 2.75) is 39.3 Å². The number of carbonyl (C=O) groups excluding carboxylic acids is 2. The SMILES string of the molecule is CCC(C)(C)NC(=O)Cn1ccc2ccc(C(=O)OC)cc2c1=O. The van der Waals surface area contributed by atoms with Crippen LogP contribution in [0, 0.1) is 0 Å². The summed E-state index contributed by atoms with van der Waals surface area (Å²) in [6, 6.07) is 6.53. The number of fused-ring (bicyclic) bond motifs is 1.